The molecule has 1 aromatic carbocycles. The van der Waals surface area contributed by atoms with Gasteiger partial charge in [-0.05, 0) is 39.0 Å². The Morgan fingerprint density at radius 2 is 1.94 bits per heavy atom. The Morgan fingerprint density at radius 1 is 1.28 bits per heavy atom. The van der Waals surface area contributed by atoms with Crippen LogP contribution >= 0.6 is 23.2 Å². The highest BCUT2D eigenvalue weighted by Gasteiger charge is 2.29. The number of halogens is 3. The molecular formula is C13H12Cl2FNO. The van der Waals surface area contributed by atoms with Crippen molar-refractivity contribution >= 4 is 23.2 Å². The van der Waals surface area contributed by atoms with E-state index in [9.17, 15) is 4.39 Å². The van der Waals surface area contributed by atoms with Crippen LogP contribution in [0.15, 0.2) is 22.7 Å². The first kappa shape index (κ1) is 13.4. The van der Waals surface area contributed by atoms with E-state index in [2.05, 4.69) is 5.16 Å². The Kier molecular flexibility index (Phi) is 3.39. The van der Waals surface area contributed by atoms with Gasteiger partial charge >= 0.3 is 0 Å². The Bertz CT molecular complexity index is 587. The van der Waals surface area contributed by atoms with Gasteiger partial charge in [-0.2, -0.15) is 0 Å². The number of hydrogen-bond acceptors (Lipinski definition) is 2. The van der Waals surface area contributed by atoms with Gasteiger partial charge < -0.3 is 4.52 Å². The minimum Gasteiger partial charge on any atom is -0.357 e. The zero-order chi connectivity index (χ0) is 13.5. The van der Waals surface area contributed by atoms with Crippen LogP contribution in [0.2, 0.25) is 10.0 Å². The summed E-state index contributed by atoms with van der Waals surface area (Å²) in [5.74, 6) is 0.212. The summed E-state index contributed by atoms with van der Waals surface area (Å²) in [6.07, 6.45) is 0. The fraction of sp³-hybridized carbons (Fsp3) is 0.308. The van der Waals surface area contributed by atoms with E-state index >= 15 is 0 Å². The van der Waals surface area contributed by atoms with Crippen molar-refractivity contribution in [3.05, 3.63) is 39.6 Å². The van der Waals surface area contributed by atoms with Gasteiger partial charge in [-0.3, -0.25) is 0 Å². The molecule has 2 rings (SSSR count). The third kappa shape index (κ3) is 2.38. The van der Waals surface area contributed by atoms with E-state index in [1.165, 1.54) is 13.8 Å². The van der Waals surface area contributed by atoms with Gasteiger partial charge in [-0.1, -0.05) is 28.4 Å². The molecule has 0 unspecified atom stereocenters. The number of nitrogens with zero attached hydrogens (tertiary/aromatic N) is 1. The van der Waals surface area contributed by atoms with Crippen LogP contribution in [-0.2, 0) is 5.67 Å². The summed E-state index contributed by atoms with van der Waals surface area (Å²) in [6, 6.07) is 5.06. The predicted molar refractivity (Wildman–Crippen MR) is 70.8 cm³/mol. The summed E-state index contributed by atoms with van der Waals surface area (Å²) >= 11 is 11.9. The van der Waals surface area contributed by atoms with E-state index in [1.54, 1.807) is 25.1 Å². The molecular weight excluding hydrogens is 276 g/mol. The molecule has 0 saturated heterocycles. The van der Waals surface area contributed by atoms with Crippen molar-refractivity contribution in [2.75, 3.05) is 0 Å². The van der Waals surface area contributed by atoms with Gasteiger partial charge in [0.25, 0.3) is 0 Å². The Hall–Kier alpha value is -1.06. The Morgan fingerprint density at radius 3 is 2.44 bits per heavy atom. The standard InChI is InChI=1S/C13H12Cl2FNO/c1-7-11(17-18-12(7)13(2,3)16)9-5-4-8(14)6-10(9)15/h4-6H,1-3H3. The molecule has 2 aromatic rings. The molecule has 0 bridgehead atoms. The van der Waals surface area contributed by atoms with Gasteiger partial charge in [-0.15, -0.1) is 0 Å². The largest absolute Gasteiger partial charge is 0.357 e. The molecule has 0 aliphatic carbocycles. The van der Waals surface area contributed by atoms with Crippen molar-refractivity contribution in [2.45, 2.75) is 26.4 Å². The summed E-state index contributed by atoms with van der Waals surface area (Å²) in [6.45, 7) is 4.61. The van der Waals surface area contributed by atoms with Crippen LogP contribution in [0.25, 0.3) is 11.3 Å². The van der Waals surface area contributed by atoms with Gasteiger partial charge in [0, 0.05) is 16.1 Å². The fourth-order valence-corrected chi connectivity index (χ4v) is 2.32. The number of aromatic nitrogens is 1. The lowest BCUT2D eigenvalue weighted by Gasteiger charge is -2.10. The van der Waals surface area contributed by atoms with Crippen LogP contribution in [0.5, 0.6) is 0 Å². The fourth-order valence-electron chi connectivity index (χ4n) is 1.82. The lowest BCUT2D eigenvalue weighted by molar-refractivity contribution is 0.162. The molecule has 0 atom stereocenters. The minimum absolute atomic E-state index is 0.212. The smallest absolute Gasteiger partial charge is 0.176 e. The summed E-state index contributed by atoms with van der Waals surface area (Å²) in [4.78, 5) is 0. The lowest BCUT2D eigenvalue weighted by Crippen LogP contribution is -2.09. The average molecular weight is 288 g/mol. The quantitative estimate of drug-likeness (QED) is 0.762. The van der Waals surface area contributed by atoms with Crippen LogP contribution in [-0.4, -0.2) is 5.16 Å². The zero-order valence-electron chi connectivity index (χ0n) is 10.2. The second kappa shape index (κ2) is 4.56. The van der Waals surface area contributed by atoms with Gasteiger partial charge in [0.1, 0.15) is 5.69 Å². The van der Waals surface area contributed by atoms with Gasteiger partial charge in [0.2, 0.25) is 0 Å². The maximum absolute atomic E-state index is 13.9. The zero-order valence-corrected chi connectivity index (χ0v) is 11.7. The number of rotatable bonds is 2. The van der Waals surface area contributed by atoms with Crippen molar-refractivity contribution in [2.24, 2.45) is 0 Å². The van der Waals surface area contributed by atoms with E-state index < -0.39 is 5.67 Å². The normalized spacial score (nSPS) is 11.9. The lowest BCUT2D eigenvalue weighted by atomic mass is 10.0. The molecule has 0 spiro atoms. The van der Waals surface area contributed by atoms with Crippen molar-refractivity contribution in [1.82, 2.24) is 5.16 Å². The molecule has 0 saturated carbocycles. The molecule has 0 amide bonds. The molecule has 0 radical (unpaired) electrons. The Labute approximate surface area is 115 Å². The van der Waals surface area contributed by atoms with E-state index in [4.69, 9.17) is 27.7 Å². The maximum atomic E-state index is 13.9. The van der Waals surface area contributed by atoms with Gasteiger partial charge in [0.15, 0.2) is 11.4 Å². The molecule has 18 heavy (non-hydrogen) atoms. The molecule has 1 aromatic heterocycles. The van der Waals surface area contributed by atoms with Crippen molar-refractivity contribution in [1.29, 1.82) is 0 Å². The molecule has 0 aliphatic heterocycles. The maximum Gasteiger partial charge on any atom is 0.176 e. The van der Waals surface area contributed by atoms with E-state index in [1.807, 2.05) is 0 Å². The first-order valence-corrected chi connectivity index (χ1v) is 6.17. The van der Waals surface area contributed by atoms with Crippen LogP contribution in [0.1, 0.15) is 25.2 Å². The van der Waals surface area contributed by atoms with E-state index in [0.717, 1.165) is 0 Å². The van der Waals surface area contributed by atoms with Gasteiger partial charge in [0.05, 0.1) is 5.02 Å². The second-order valence-electron chi connectivity index (χ2n) is 4.58. The topological polar surface area (TPSA) is 26.0 Å². The third-order valence-electron chi connectivity index (χ3n) is 2.65. The number of benzene rings is 1. The van der Waals surface area contributed by atoms with Crippen molar-refractivity contribution in [3.63, 3.8) is 0 Å². The molecule has 0 N–H and O–H groups in total. The highest BCUT2D eigenvalue weighted by Crippen LogP contribution is 2.36. The highest BCUT2D eigenvalue weighted by atomic mass is 35.5. The second-order valence-corrected chi connectivity index (χ2v) is 5.43. The third-order valence-corrected chi connectivity index (χ3v) is 3.20. The molecule has 1 heterocycles. The van der Waals surface area contributed by atoms with Crippen LogP contribution in [0.4, 0.5) is 4.39 Å². The number of hydrogen-bond donors (Lipinski definition) is 0. The molecule has 5 heteroatoms. The molecule has 0 fully saturated rings. The molecule has 2 nitrogen and oxygen atoms in total. The van der Waals surface area contributed by atoms with E-state index in [0.29, 0.717) is 26.9 Å². The summed E-state index contributed by atoms with van der Waals surface area (Å²) in [7, 11) is 0. The Balaban J connectivity index is 2.56. The van der Waals surface area contributed by atoms with Crippen molar-refractivity contribution in [3.8, 4) is 11.3 Å². The van der Waals surface area contributed by atoms with Crippen LogP contribution in [0, 0.1) is 6.92 Å². The summed E-state index contributed by atoms with van der Waals surface area (Å²) in [5, 5.41) is 4.90. The first-order chi connectivity index (χ1) is 8.30. The van der Waals surface area contributed by atoms with Crippen molar-refractivity contribution < 1.29 is 8.91 Å². The van der Waals surface area contributed by atoms with Crippen LogP contribution in [0.3, 0.4) is 0 Å². The van der Waals surface area contributed by atoms with Gasteiger partial charge in [-0.25, -0.2) is 4.39 Å². The SMILES string of the molecule is Cc1c(-c2ccc(Cl)cc2Cl)noc1C(C)(C)F. The molecule has 0 aliphatic rings. The monoisotopic (exact) mass is 287 g/mol. The van der Waals surface area contributed by atoms with E-state index in [-0.39, 0.29) is 5.76 Å². The average Bonchev–Trinajstić information content (AvgIpc) is 2.60. The summed E-state index contributed by atoms with van der Waals surface area (Å²) < 4.78 is 19.0. The van der Waals surface area contributed by atoms with Crippen LogP contribution < -0.4 is 0 Å². The predicted octanol–water partition coefficient (Wildman–Crippen LogP) is 5.16. The summed E-state index contributed by atoms with van der Waals surface area (Å²) in [5.41, 5.74) is 0.288. The first-order valence-electron chi connectivity index (χ1n) is 5.42. The highest BCUT2D eigenvalue weighted by molar-refractivity contribution is 6.36. The number of alkyl halides is 1. The minimum atomic E-state index is -1.58. The molecule has 96 valence electrons.